The number of rotatable bonds is 4. The van der Waals surface area contributed by atoms with Crippen LogP contribution >= 0.6 is 12.2 Å². The average Bonchev–Trinajstić information content (AvgIpc) is 2.34. The highest BCUT2D eigenvalue weighted by Gasteiger charge is 2.21. The van der Waals surface area contributed by atoms with Crippen molar-refractivity contribution in [3.8, 4) is 17.2 Å². The summed E-state index contributed by atoms with van der Waals surface area (Å²) >= 11 is 5.46. The van der Waals surface area contributed by atoms with Crippen molar-refractivity contribution in [1.29, 1.82) is 0 Å². The van der Waals surface area contributed by atoms with Gasteiger partial charge in [-0.1, -0.05) is 12.2 Å². The van der Waals surface area contributed by atoms with Gasteiger partial charge in [0.1, 0.15) is 4.99 Å². The lowest BCUT2D eigenvalue weighted by Gasteiger charge is -2.33. The molecule has 5 heteroatoms. The molecule has 0 atom stereocenters. The number of hydrogen-bond acceptors (Lipinski definition) is 4. The van der Waals surface area contributed by atoms with Crippen molar-refractivity contribution in [3.05, 3.63) is 17.7 Å². The van der Waals surface area contributed by atoms with Gasteiger partial charge in [0.05, 0.1) is 21.3 Å². The van der Waals surface area contributed by atoms with E-state index in [1.807, 2.05) is 12.1 Å². The summed E-state index contributed by atoms with van der Waals surface area (Å²) in [6.07, 6.45) is 1.20. The SMILES string of the molecule is COc1cc(C(=S)N2CCC2)cc(OC)c1OC. The predicted octanol–water partition coefficient (Wildman–Crippen LogP) is 2.09. The van der Waals surface area contributed by atoms with Gasteiger partial charge in [-0.25, -0.2) is 0 Å². The first kappa shape index (κ1) is 13.0. The number of benzene rings is 1. The molecule has 1 aromatic rings. The molecule has 1 saturated heterocycles. The van der Waals surface area contributed by atoms with E-state index in [-0.39, 0.29) is 0 Å². The summed E-state index contributed by atoms with van der Waals surface area (Å²) < 4.78 is 15.9. The maximum absolute atomic E-state index is 5.46. The molecule has 18 heavy (non-hydrogen) atoms. The van der Waals surface area contributed by atoms with Gasteiger partial charge in [-0.05, 0) is 18.6 Å². The Bertz CT molecular complexity index is 433. The highest BCUT2D eigenvalue weighted by molar-refractivity contribution is 7.80. The topological polar surface area (TPSA) is 30.9 Å². The lowest BCUT2D eigenvalue weighted by Crippen LogP contribution is -2.41. The molecule has 1 aromatic carbocycles. The number of likely N-dealkylation sites (tertiary alicyclic amines) is 1. The van der Waals surface area contributed by atoms with E-state index >= 15 is 0 Å². The molecule has 98 valence electrons. The van der Waals surface area contributed by atoms with Gasteiger partial charge in [0.2, 0.25) is 5.75 Å². The van der Waals surface area contributed by atoms with E-state index in [0.717, 1.165) is 23.6 Å². The zero-order valence-corrected chi connectivity index (χ0v) is 11.7. The Balaban J connectivity index is 2.39. The third-order valence-electron chi connectivity index (χ3n) is 3.05. The summed E-state index contributed by atoms with van der Waals surface area (Å²) in [6.45, 7) is 2.05. The molecule has 0 saturated carbocycles. The molecule has 0 unspecified atom stereocenters. The minimum absolute atomic E-state index is 0.593. The minimum Gasteiger partial charge on any atom is -0.493 e. The minimum atomic E-state index is 0.593. The second kappa shape index (κ2) is 5.44. The fourth-order valence-corrected chi connectivity index (χ4v) is 2.21. The fourth-order valence-electron chi connectivity index (χ4n) is 1.91. The van der Waals surface area contributed by atoms with Crippen molar-refractivity contribution in [2.24, 2.45) is 0 Å². The highest BCUT2D eigenvalue weighted by atomic mass is 32.1. The van der Waals surface area contributed by atoms with Crippen LogP contribution in [0.15, 0.2) is 12.1 Å². The van der Waals surface area contributed by atoms with Crippen LogP contribution in [0.4, 0.5) is 0 Å². The Kier molecular flexibility index (Phi) is 3.91. The number of methoxy groups -OCH3 is 3. The predicted molar refractivity (Wildman–Crippen MR) is 74.0 cm³/mol. The van der Waals surface area contributed by atoms with E-state index in [0.29, 0.717) is 17.2 Å². The van der Waals surface area contributed by atoms with Crippen LogP contribution in [0.2, 0.25) is 0 Å². The van der Waals surface area contributed by atoms with Crippen LogP contribution in [0.25, 0.3) is 0 Å². The summed E-state index contributed by atoms with van der Waals surface area (Å²) in [5, 5.41) is 0. The molecule has 0 radical (unpaired) electrons. The molecule has 0 N–H and O–H groups in total. The average molecular weight is 267 g/mol. The van der Waals surface area contributed by atoms with Crippen LogP contribution in [0.5, 0.6) is 17.2 Å². The molecule has 2 rings (SSSR count). The quantitative estimate of drug-likeness (QED) is 0.780. The van der Waals surface area contributed by atoms with E-state index in [4.69, 9.17) is 26.4 Å². The zero-order chi connectivity index (χ0) is 13.1. The van der Waals surface area contributed by atoms with E-state index in [2.05, 4.69) is 4.90 Å². The highest BCUT2D eigenvalue weighted by Crippen LogP contribution is 2.38. The fraction of sp³-hybridized carbons (Fsp3) is 0.462. The van der Waals surface area contributed by atoms with Gasteiger partial charge in [0.15, 0.2) is 11.5 Å². The van der Waals surface area contributed by atoms with Gasteiger partial charge in [-0.3, -0.25) is 0 Å². The van der Waals surface area contributed by atoms with Crippen LogP contribution in [0, 0.1) is 0 Å². The summed E-state index contributed by atoms with van der Waals surface area (Å²) in [6, 6.07) is 3.78. The van der Waals surface area contributed by atoms with Crippen molar-refractivity contribution in [2.45, 2.75) is 6.42 Å². The van der Waals surface area contributed by atoms with Crippen LogP contribution in [-0.2, 0) is 0 Å². The molecule has 0 aromatic heterocycles. The van der Waals surface area contributed by atoms with Gasteiger partial charge < -0.3 is 19.1 Å². The summed E-state index contributed by atoms with van der Waals surface area (Å²) in [4.78, 5) is 3.00. The smallest absolute Gasteiger partial charge is 0.203 e. The summed E-state index contributed by atoms with van der Waals surface area (Å²) in [7, 11) is 4.80. The largest absolute Gasteiger partial charge is 0.493 e. The molecule has 0 bridgehead atoms. The third kappa shape index (κ3) is 2.22. The molecule has 1 heterocycles. The van der Waals surface area contributed by atoms with Crippen LogP contribution in [0.3, 0.4) is 0 Å². The maximum Gasteiger partial charge on any atom is 0.203 e. The van der Waals surface area contributed by atoms with Crippen LogP contribution in [0.1, 0.15) is 12.0 Å². The second-order valence-electron chi connectivity index (χ2n) is 4.06. The van der Waals surface area contributed by atoms with E-state index in [1.165, 1.54) is 6.42 Å². The molecule has 1 aliphatic heterocycles. The van der Waals surface area contributed by atoms with Gasteiger partial charge in [-0.2, -0.15) is 0 Å². The Labute approximate surface area is 112 Å². The van der Waals surface area contributed by atoms with E-state index in [9.17, 15) is 0 Å². The van der Waals surface area contributed by atoms with Crippen molar-refractivity contribution in [2.75, 3.05) is 34.4 Å². The molecule has 0 spiro atoms. The van der Waals surface area contributed by atoms with E-state index in [1.54, 1.807) is 21.3 Å². The Hall–Kier alpha value is -1.49. The van der Waals surface area contributed by atoms with Crippen LogP contribution in [-0.4, -0.2) is 44.3 Å². The molecular weight excluding hydrogens is 250 g/mol. The third-order valence-corrected chi connectivity index (χ3v) is 3.55. The van der Waals surface area contributed by atoms with Crippen molar-refractivity contribution >= 4 is 17.2 Å². The Morgan fingerprint density at radius 3 is 1.94 bits per heavy atom. The number of ether oxygens (including phenoxy) is 3. The normalized spacial score (nSPS) is 13.8. The first-order chi connectivity index (χ1) is 8.71. The number of thiocarbonyl (C=S) groups is 1. The standard InChI is InChI=1S/C13H17NO3S/c1-15-10-7-9(13(18)14-5-4-6-14)8-11(16-2)12(10)17-3/h7-8H,4-6H2,1-3H3. The van der Waals surface area contributed by atoms with Gasteiger partial charge in [-0.15, -0.1) is 0 Å². The van der Waals surface area contributed by atoms with E-state index < -0.39 is 0 Å². The number of hydrogen-bond donors (Lipinski definition) is 0. The van der Waals surface area contributed by atoms with Gasteiger partial charge in [0.25, 0.3) is 0 Å². The molecule has 1 aliphatic rings. The summed E-state index contributed by atoms with van der Waals surface area (Å²) in [5.41, 5.74) is 0.930. The monoisotopic (exact) mass is 267 g/mol. The van der Waals surface area contributed by atoms with Crippen molar-refractivity contribution < 1.29 is 14.2 Å². The first-order valence-corrected chi connectivity index (χ1v) is 6.21. The molecular formula is C13H17NO3S. The molecule has 1 fully saturated rings. The van der Waals surface area contributed by atoms with Gasteiger partial charge in [0, 0.05) is 18.7 Å². The molecule has 4 nitrogen and oxygen atoms in total. The molecule has 0 aliphatic carbocycles. The Morgan fingerprint density at radius 2 is 1.61 bits per heavy atom. The second-order valence-corrected chi connectivity index (χ2v) is 4.45. The lowest BCUT2D eigenvalue weighted by molar-refractivity contribution is 0.305. The first-order valence-electron chi connectivity index (χ1n) is 5.80. The molecule has 0 amide bonds. The van der Waals surface area contributed by atoms with Crippen molar-refractivity contribution in [3.63, 3.8) is 0 Å². The zero-order valence-electron chi connectivity index (χ0n) is 10.9. The Morgan fingerprint density at radius 1 is 1.06 bits per heavy atom. The van der Waals surface area contributed by atoms with Gasteiger partial charge >= 0.3 is 0 Å². The number of nitrogens with zero attached hydrogens (tertiary/aromatic N) is 1. The lowest BCUT2D eigenvalue weighted by atomic mass is 10.1. The maximum atomic E-state index is 5.46. The summed E-state index contributed by atoms with van der Waals surface area (Å²) in [5.74, 6) is 1.86. The van der Waals surface area contributed by atoms with Crippen molar-refractivity contribution in [1.82, 2.24) is 4.90 Å². The van der Waals surface area contributed by atoms with Crippen LogP contribution < -0.4 is 14.2 Å².